The molecule has 1 aliphatic heterocycles. The van der Waals surface area contributed by atoms with Gasteiger partial charge in [0.2, 0.25) is 5.91 Å². The van der Waals surface area contributed by atoms with Gasteiger partial charge in [0.05, 0.1) is 0 Å². The highest BCUT2D eigenvalue weighted by atomic mass is 127. The van der Waals surface area contributed by atoms with Crippen LogP contribution in [-0.4, -0.2) is 62.7 Å². The number of guanidine groups is 1. The summed E-state index contributed by atoms with van der Waals surface area (Å²) in [5.41, 5.74) is 0. The molecular weight excluding hydrogens is 407 g/mol. The smallest absolute Gasteiger partial charge is 0.244 e. The van der Waals surface area contributed by atoms with Crippen molar-refractivity contribution < 1.29 is 9.53 Å². The topological polar surface area (TPSA) is 66.0 Å². The first-order valence-electron chi connectivity index (χ1n) is 8.67. The minimum absolute atomic E-state index is 0. The number of aliphatic imine (C=N–C) groups is 1. The van der Waals surface area contributed by atoms with Crippen molar-refractivity contribution >= 4 is 35.8 Å². The van der Waals surface area contributed by atoms with Crippen LogP contribution in [0.4, 0.5) is 0 Å². The normalized spacial score (nSPS) is 17.8. The van der Waals surface area contributed by atoms with Crippen LogP contribution in [0.3, 0.4) is 0 Å². The Morgan fingerprint density at radius 1 is 1.26 bits per heavy atom. The number of hydrogen-bond donors (Lipinski definition) is 2. The van der Waals surface area contributed by atoms with Gasteiger partial charge in [0.1, 0.15) is 6.54 Å². The molecule has 7 heteroatoms. The molecule has 0 bridgehead atoms. The number of halogens is 1. The average molecular weight is 438 g/mol. The Balaban J connectivity index is 0.00000264. The molecule has 2 fully saturated rings. The Hall–Kier alpha value is -0.570. The molecular formula is C16H31IN4O2. The number of likely N-dealkylation sites (tertiary alicyclic amines) is 1. The van der Waals surface area contributed by atoms with Crippen LogP contribution < -0.4 is 10.6 Å². The van der Waals surface area contributed by atoms with Crippen molar-refractivity contribution in [1.82, 2.24) is 15.5 Å². The van der Waals surface area contributed by atoms with Crippen molar-refractivity contribution in [3.63, 3.8) is 0 Å². The third-order valence-electron chi connectivity index (χ3n) is 3.98. The summed E-state index contributed by atoms with van der Waals surface area (Å²) in [6.45, 7) is 7.34. The molecule has 0 unspecified atom stereocenters. The maximum Gasteiger partial charge on any atom is 0.244 e. The van der Waals surface area contributed by atoms with E-state index in [1.54, 1.807) is 0 Å². The van der Waals surface area contributed by atoms with Crippen molar-refractivity contribution in [3.8, 4) is 0 Å². The van der Waals surface area contributed by atoms with Gasteiger partial charge in [0.15, 0.2) is 5.96 Å². The van der Waals surface area contributed by atoms with Crippen LogP contribution in [0.1, 0.15) is 39.0 Å². The van der Waals surface area contributed by atoms with Gasteiger partial charge < -0.3 is 20.3 Å². The zero-order valence-electron chi connectivity index (χ0n) is 14.2. The lowest BCUT2D eigenvalue weighted by molar-refractivity contribution is -0.128. The van der Waals surface area contributed by atoms with Crippen molar-refractivity contribution in [3.05, 3.63) is 0 Å². The van der Waals surface area contributed by atoms with E-state index in [9.17, 15) is 4.79 Å². The van der Waals surface area contributed by atoms with Gasteiger partial charge in [-0.3, -0.25) is 4.79 Å². The second kappa shape index (κ2) is 11.9. The predicted octanol–water partition coefficient (Wildman–Crippen LogP) is 1.60. The van der Waals surface area contributed by atoms with E-state index in [0.717, 1.165) is 70.5 Å². The van der Waals surface area contributed by atoms with Gasteiger partial charge in [-0.1, -0.05) is 0 Å². The fourth-order valence-corrected chi connectivity index (χ4v) is 2.47. The first-order chi connectivity index (χ1) is 10.8. The molecule has 2 aliphatic rings. The summed E-state index contributed by atoms with van der Waals surface area (Å²) in [4.78, 5) is 18.3. The molecule has 134 valence electrons. The van der Waals surface area contributed by atoms with E-state index in [2.05, 4.69) is 15.6 Å². The SMILES string of the molecule is CCNC(=NCC(=O)N1CCCC1)NCCCOCC1CC1.I. The molecule has 0 radical (unpaired) electrons. The maximum absolute atomic E-state index is 12.0. The third kappa shape index (κ3) is 8.74. The largest absolute Gasteiger partial charge is 0.381 e. The summed E-state index contributed by atoms with van der Waals surface area (Å²) in [6, 6.07) is 0. The Morgan fingerprint density at radius 3 is 2.65 bits per heavy atom. The van der Waals surface area contributed by atoms with Crippen LogP contribution >= 0.6 is 24.0 Å². The van der Waals surface area contributed by atoms with Gasteiger partial charge >= 0.3 is 0 Å². The second-order valence-corrected chi connectivity index (χ2v) is 6.08. The molecule has 0 aromatic carbocycles. The number of rotatable bonds is 9. The van der Waals surface area contributed by atoms with Gasteiger partial charge in [0, 0.05) is 39.4 Å². The van der Waals surface area contributed by atoms with E-state index in [1.165, 1.54) is 12.8 Å². The number of nitrogens with one attached hydrogen (secondary N) is 2. The summed E-state index contributed by atoms with van der Waals surface area (Å²) in [5.74, 6) is 1.67. The van der Waals surface area contributed by atoms with Crippen LogP contribution in [0, 0.1) is 5.92 Å². The minimum atomic E-state index is 0. The van der Waals surface area contributed by atoms with E-state index in [-0.39, 0.29) is 36.4 Å². The van der Waals surface area contributed by atoms with Gasteiger partial charge in [-0.25, -0.2) is 4.99 Å². The molecule has 6 nitrogen and oxygen atoms in total. The number of amides is 1. The fourth-order valence-electron chi connectivity index (χ4n) is 2.47. The third-order valence-corrected chi connectivity index (χ3v) is 3.98. The van der Waals surface area contributed by atoms with Crippen molar-refractivity contribution in [2.75, 3.05) is 45.9 Å². The Bertz CT molecular complexity index is 369. The van der Waals surface area contributed by atoms with Crippen molar-refractivity contribution in [2.24, 2.45) is 10.9 Å². The first kappa shape index (κ1) is 20.5. The van der Waals surface area contributed by atoms with Crippen molar-refractivity contribution in [1.29, 1.82) is 0 Å². The number of hydrogen-bond acceptors (Lipinski definition) is 3. The first-order valence-corrected chi connectivity index (χ1v) is 8.67. The quantitative estimate of drug-likeness (QED) is 0.249. The highest BCUT2D eigenvalue weighted by Crippen LogP contribution is 2.28. The van der Waals surface area contributed by atoms with Gasteiger partial charge in [-0.15, -0.1) is 24.0 Å². The molecule has 23 heavy (non-hydrogen) atoms. The van der Waals surface area contributed by atoms with E-state index in [4.69, 9.17) is 4.74 Å². The summed E-state index contributed by atoms with van der Waals surface area (Å²) in [7, 11) is 0. The summed E-state index contributed by atoms with van der Waals surface area (Å²) >= 11 is 0. The molecule has 1 amide bonds. The molecule has 0 aromatic heterocycles. The molecule has 0 aromatic rings. The van der Waals surface area contributed by atoms with Crippen LogP contribution in [0.2, 0.25) is 0 Å². The van der Waals surface area contributed by atoms with Gasteiger partial charge in [-0.2, -0.15) is 0 Å². The average Bonchev–Trinajstić information content (AvgIpc) is 3.18. The number of carbonyl (C=O) groups excluding carboxylic acids is 1. The summed E-state index contributed by atoms with van der Waals surface area (Å²) in [6.07, 6.45) is 5.86. The number of nitrogens with zero attached hydrogens (tertiary/aromatic N) is 2. The van der Waals surface area contributed by atoms with Gasteiger partial charge in [0.25, 0.3) is 0 Å². The maximum atomic E-state index is 12.0. The fraction of sp³-hybridized carbons (Fsp3) is 0.875. The number of ether oxygens (including phenoxy) is 1. The van der Waals surface area contributed by atoms with E-state index < -0.39 is 0 Å². The van der Waals surface area contributed by atoms with E-state index >= 15 is 0 Å². The van der Waals surface area contributed by atoms with Gasteiger partial charge in [-0.05, 0) is 44.9 Å². The number of carbonyl (C=O) groups is 1. The predicted molar refractivity (Wildman–Crippen MR) is 103 cm³/mol. The molecule has 2 rings (SSSR count). The lowest BCUT2D eigenvalue weighted by Crippen LogP contribution is -2.39. The lowest BCUT2D eigenvalue weighted by Gasteiger charge is -2.15. The Labute approximate surface area is 156 Å². The van der Waals surface area contributed by atoms with Crippen LogP contribution in [0.5, 0.6) is 0 Å². The Kier molecular flexibility index (Phi) is 10.6. The molecule has 1 saturated carbocycles. The van der Waals surface area contributed by atoms with Crippen LogP contribution in [-0.2, 0) is 9.53 Å². The Morgan fingerprint density at radius 2 is 2.00 bits per heavy atom. The minimum Gasteiger partial charge on any atom is -0.381 e. The molecule has 1 heterocycles. The van der Waals surface area contributed by atoms with Crippen molar-refractivity contribution in [2.45, 2.75) is 39.0 Å². The highest BCUT2D eigenvalue weighted by molar-refractivity contribution is 14.0. The molecule has 0 atom stereocenters. The van der Waals surface area contributed by atoms with Crippen LogP contribution in [0.25, 0.3) is 0 Å². The standard InChI is InChI=1S/C16H30N4O2.HI/c1-2-17-16(18-8-5-11-22-13-14-6-7-14)19-12-15(21)20-9-3-4-10-20;/h14H,2-13H2,1H3,(H2,17,18,19);1H. The summed E-state index contributed by atoms with van der Waals surface area (Å²) < 4.78 is 5.60. The molecule has 0 spiro atoms. The van der Waals surface area contributed by atoms with E-state index in [1.807, 2.05) is 11.8 Å². The lowest BCUT2D eigenvalue weighted by atomic mass is 10.4. The zero-order valence-corrected chi connectivity index (χ0v) is 16.5. The monoisotopic (exact) mass is 438 g/mol. The van der Waals surface area contributed by atoms with E-state index in [0.29, 0.717) is 0 Å². The zero-order chi connectivity index (χ0) is 15.6. The molecule has 1 aliphatic carbocycles. The molecule has 1 saturated heterocycles. The summed E-state index contributed by atoms with van der Waals surface area (Å²) in [5, 5.41) is 6.43. The molecule has 2 N–H and O–H groups in total. The second-order valence-electron chi connectivity index (χ2n) is 6.08. The highest BCUT2D eigenvalue weighted by Gasteiger charge is 2.20. The van der Waals surface area contributed by atoms with Crippen LogP contribution in [0.15, 0.2) is 4.99 Å².